The van der Waals surface area contributed by atoms with Gasteiger partial charge in [0, 0.05) is 13.5 Å². The Morgan fingerprint density at radius 1 is 1.50 bits per heavy atom. The van der Waals surface area contributed by atoms with Crippen LogP contribution in [0, 0.1) is 0 Å². The van der Waals surface area contributed by atoms with Crippen LogP contribution in [0.2, 0.25) is 0 Å². The van der Waals surface area contributed by atoms with Crippen molar-refractivity contribution in [2.45, 2.75) is 45.1 Å². The van der Waals surface area contributed by atoms with E-state index in [-0.39, 0.29) is 18.5 Å². The number of alkyl halides is 3. The number of aromatic nitrogens is 2. The van der Waals surface area contributed by atoms with E-state index < -0.39 is 17.6 Å². The second-order valence-electron chi connectivity index (χ2n) is 5.26. The van der Waals surface area contributed by atoms with Gasteiger partial charge in [0.25, 0.3) is 0 Å². The van der Waals surface area contributed by atoms with Crippen molar-refractivity contribution in [1.82, 2.24) is 14.5 Å². The molecule has 20 heavy (non-hydrogen) atoms. The van der Waals surface area contributed by atoms with Gasteiger partial charge in [-0.3, -0.25) is 4.79 Å². The molecule has 0 aliphatic carbocycles. The van der Waals surface area contributed by atoms with Crippen LogP contribution in [0.15, 0.2) is 6.20 Å². The van der Waals surface area contributed by atoms with E-state index in [2.05, 4.69) is 4.98 Å². The van der Waals surface area contributed by atoms with Gasteiger partial charge in [-0.15, -0.1) is 0 Å². The monoisotopic (exact) mass is 291 g/mol. The summed E-state index contributed by atoms with van der Waals surface area (Å²) in [5.74, 6) is -0.580. The Balaban J connectivity index is 2.46. The van der Waals surface area contributed by atoms with Crippen molar-refractivity contribution in [1.29, 1.82) is 0 Å². The normalized spacial score (nSPS) is 22.4. The Bertz CT molecular complexity index is 537. The number of aliphatic hydroxyl groups is 1. The molecule has 0 aromatic carbocycles. The number of nitrogens with zero attached hydrogens (tertiary/aromatic N) is 3. The summed E-state index contributed by atoms with van der Waals surface area (Å²) in [7, 11) is 0. The van der Waals surface area contributed by atoms with Gasteiger partial charge in [-0.2, -0.15) is 13.2 Å². The highest BCUT2D eigenvalue weighted by molar-refractivity contribution is 5.73. The summed E-state index contributed by atoms with van der Waals surface area (Å²) in [5.41, 5.74) is -2.53. The standard InChI is InChI=1S/C12H16F3N3O2/c1-7-5-17(8(2)19)6-9-4-16-10(18(7)9)11(3,20)12(13,14)15/h4,7,20H,5-6H2,1-3H3/t7-,11?/m0/s1. The third-order valence-corrected chi connectivity index (χ3v) is 3.58. The third-order valence-electron chi connectivity index (χ3n) is 3.58. The van der Waals surface area contributed by atoms with Gasteiger partial charge in [0.15, 0.2) is 5.82 Å². The van der Waals surface area contributed by atoms with Gasteiger partial charge in [0.05, 0.1) is 24.5 Å². The zero-order valence-electron chi connectivity index (χ0n) is 11.4. The molecule has 2 heterocycles. The number of rotatable bonds is 1. The predicted octanol–water partition coefficient (Wildman–Crippen LogP) is 1.58. The van der Waals surface area contributed by atoms with Crippen molar-refractivity contribution >= 4 is 5.91 Å². The maximum atomic E-state index is 12.9. The van der Waals surface area contributed by atoms with Crippen LogP contribution in [0.4, 0.5) is 13.2 Å². The van der Waals surface area contributed by atoms with Crippen LogP contribution in [-0.4, -0.2) is 38.2 Å². The van der Waals surface area contributed by atoms with E-state index in [0.29, 0.717) is 19.2 Å². The molecule has 1 aromatic heterocycles. The Morgan fingerprint density at radius 2 is 2.10 bits per heavy atom. The van der Waals surface area contributed by atoms with Gasteiger partial charge in [0.1, 0.15) is 0 Å². The molecule has 0 saturated heterocycles. The van der Waals surface area contributed by atoms with Crippen molar-refractivity contribution in [2.75, 3.05) is 6.54 Å². The van der Waals surface area contributed by atoms with Crippen molar-refractivity contribution in [3.8, 4) is 0 Å². The fraction of sp³-hybridized carbons (Fsp3) is 0.667. The average molecular weight is 291 g/mol. The molecule has 1 unspecified atom stereocenters. The molecule has 1 aliphatic rings. The largest absolute Gasteiger partial charge is 0.424 e. The van der Waals surface area contributed by atoms with Crippen LogP contribution < -0.4 is 0 Å². The zero-order chi connectivity index (χ0) is 15.3. The molecule has 0 bridgehead atoms. The average Bonchev–Trinajstić information content (AvgIpc) is 2.71. The van der Waals surface area contributed by atoms with Gasteiger partial charge in [0.2, 0.25) is 11.5 Å². The molecule has 8 heteroatoms. The lowest BCUT2D eigenvalue weighted by atomic mass is 10.0. The molecule has 0 fully saturated rings. The zero-order valence-corrected chi connectivity index (χ0v) is 11.4. The van der Waals surface area contributed by atoms with Crippen LogP contribution in [0.5, 0.6) is 0 Å². The van der Waals surface area contributed by atoms with E-state index in [0.717, 1.165) is 0 Å². The maximum absolute atomic E-state index is 12.9. The predicted molar refractivity (Wildman–Crippen MR) is 63.7 cm³/mol. The summed E-state index contributed by atoms with van der Waals surface area (Å²) in [6.45, 7) is 4.27. The lowest BCUT2D eigenvalue weighted by Crippen LogP contribution is -2.45. The van der Waals surface area contributed by atoms with Crippen molar-refractivity contribution < 1.29 is 23.1 Å². The van der Waals surface area contributed by atoms with Gasteiger partial charge in [-0.1, -0.05) is 0 Å². The maximum Gasteiger partial charge on any atom is 0.424 e. The smallest absolute Gasteiger partial charge is 0.374 e. The molecular formula is C12H16F3N3O2. The first kappa shape index (κ1) is 14.8. The fourth-order valence-electron chi connectivity index (χ4n) is 2.39. The van der Waals surface area contributed by atoms with Gasteiger partial charge >= 0.3 is 6.18 Å². The summed E-state index contributed by atoms with van der Waals surface area (Å²) in [5, 5.41) is 9.77. The SMILES string of the molecule is CC(=O)N1Cc2cnc(C(C)(O)C(F)(F)F)n2[C@@H](C)C1. The number of carbonyl (C=O) groups excluding carboxylic acids is 1. The van der Waals surface area contributed by atoms with Gasteiger partial charge in [-0.05, 0) is 13.8 Å². The van der Waals surface area contributed by atoms with E-state index >= 15 is 0 Å². The number of carbonyl (C=O) groups is 1. The first-order valence-corrected chi connectivity index (χ1v) is 6.17. The first-order valence-electron chi connectivity index (χ1n) is 6.17. The van der Waals surface area contributed by atoms with E-state index in [1.54, 1.807) is 6.92 Å². The van der Waals surface area contributed by atoms with E-state index in [1.807, 2.05) is 0 Å². The number of amides is 1. The molecule has 2 atom stereocenters. The highest BCUT2D eigenvalue weighted by atomic mass is 19.4. The molecule has 112 valence electrons. The van der Waals surface area contributed by atoms with Crippen LogP contribution in [0.3, 0.4) is 0 Å². The Morgan fingerprint density at radius 3 is 2.60 bits per heavy atom. The second-order valence-corrected chi connectivity index (χ2v) is 5.26. The quantitative estimate of drug-likeness (QED) is 0.854. The van der Waals surface area contributed by atoms with Crippen molar-refractivity contribution in [2.24, 2.45) is 0 Å². The van der Waals surface area contributed by atoms with E-state index in [9.17, 15) is 23.1 Å². The summed E-state index contributed by atoms with van der Waals surface area (Å²) < 4.78 is 40.2. The summed E-state index contributed by atoms with van der Waals surface area (Å²) >= 11 is 0. The molecule has 0 saturated carbocycles. The summed E-state index contributed by atoms with van der Waals surface area (Å²) in [6.07, 6.45) is -3.53. The van der Waals surface area contributed by atoms with E-state index in [1.165, 1.54) is 22.6 Å². The highest BCUT2D eigenvalue weighted by Gasteiger charge is 2.54. The summed E-state index contributed by atoms with van der Waals surface area (Å²) in [6, 6.07) is -0.381. The van der Waals surface area contributed by atoms with Crippen LogP contribution in [-0.2, 0) is 16.9 Å². The summed E-state index contributed by atoms with van der Waals surface area (Å²) in [4.78, 5) is 16.7. The number of hydrogen-bond acceptors (Lipinski definition) is 3. The number of fused-ring (bicyclic) bond motifs is 1. The lowest BCUT2D eigenvalue weighted by molar-refractivity contribution is -0.263. The van der Waals surface area contributed by atoms with Crippen LogP contribution in [0.1, 0.15) is 38.3 Å². The van der Waals surface area contributed by atoms with Crippen molar-refractivity contribution in [3.63, 3.8) is 0 Å². The number of halogens is 3. The number of imidazole rings is 1. The lowest BCUT2D eigenvalue weighted by Gasteiger charge is -2.35. The van der Waals surface area contributed by atoms with Gasteiger partial charge in [-0.25, -0.2) is 4.98 Å². The second kappa shape index (κ2) is 4.47. The minimum absolute atomic E-state index is 0.145. The Hall–Kier alpha value is -1.57. The van der Waals surface area contributed by atoms with E-state index in [4.69, 9.17) is 0 Å². The van der Waals surface area contributed by atoms with Crippen molar-refractivity contribution in [3.05, 3.63) is 17.7 Å². The number of hydrogen-bond donors (Lipinski definition) is 1. The molecule has 1 amide bonds. The molecular weight excluding hydrogens is 275 g/mol. The molecule has 0 spiro atoms. The molecule has 5 nitrogen and oxygen atoms in total. The molecule has 2 rings (SSSR count). The minimum atomic E-state index is -4.81. The molecule has 1 aromatic rings. The Kier molecular flexibility index (Phi) is 3.32. The van der Waals surface area contributed by atoms with Gasteiger partial charge < -0.3 is 14.6 Å². The topological polar surface area (TPSA) is 58.4 Å². The van der Waals surface area contributed by atoms with Crippen LogP contribution in [0.25, 0.3) is 0 Å². The first-order chi connectivity index (χ1) is 9.05. The molecule has 1 N–H and O–H groups in total. The highest BCUT2D eigenvalue weighted by Crippen LogP contribution is 2.39. The molecule has 1 aliphatic heterocycles. The molecule has 0 radical (unpaired) electrons. The third kappa shape index (κ3) is 2.17. The minimum Gasteiger partial charge on any atom is -0.374 e. The fourth-order valence-corrected chi connectivity index (χ4v) is 2.39. The Labute approximate surface area is 114 Å². The van der Waals surface area contributed by atoms with Crippen LogP contribution >= 0.6 is 0 Å².